The first-order valence-electron chi connectivity index (χ1n) is 3.54. The minimum atomic E-state index is 0.452. The zero-order chi connectivity index (χ0) is 7.56. The number of nitrogens with zero attached hydrogens (tertiary/aromatic N) is 1. The van der Waals surface area contributed by atoms with Crippen LogP contribution in [-0.2, 0) is 0 Å². The molecule has 1 unspecified atom stereocenters. The van der Waals surface area contributed by atoms with Crippen LogP contribution in [0.15, 0.2) is 24.4 Å². The summed E-state index contributed by atoms with van der Waals surface area (Å²) in [7, 11) is 0. The average Bonchev–Trinajstić information content (AvgIpc) is 1.88. The van der Waals surface area contributed by atoms with Gasteiger partial charge in [-0.05, 0) is 12.0 Å². The molecule has 1 aliphatic rings. The summed E-state index contributed by atoms with van der Waals surface area (Å²) in [5.41, 5.74) is 0. The Kier molecular flexibility index (Phi) is 2.44. The van der Waals surface area contributed by atoms with Crippen molar-refractivity contribution in [2.45, 2.75) is 19.9 Å². The maximum atomic E-state index is 4.29. The lowest BCUT2D eigenvalue weighted by atomic mass is 10.0. The van der Waals surface area contributed by atoms with E-state index in [2.05, 4.69) is 38.8 Å². The molecule has 0 aromatic carbocycles. The average molecular weight is 155 g/mol. The third-order valence-electron chi connectivity index (χ3n) is 1.65. The Morgan fingerprint density at radius 2 is 2.10 bits per heavy atom. The van der Waals surface area contributed by atoms with E-state index in [1.165, 1.54) is 0 Å². The highest BCUT2D eigenvalue weighted by molar-refractivity contribution is 7.77. The van der Waals surface area contributed by atoms with Gasteiger partial charge in [-0.25, -0.2) is 0 Å². The molecule has 0 saturated heterocycles. The molecule has 0 aliphatic carbocycles. The molecule has 0 aromatic heterocycles. The monoisotopic (exact) mass is 155 g/mol. The van der Waals surface area contributed by atoms with Crippen molar-refractivity contribution in [3.05, 3.63) is 24.4 Å². The van der Waals surface area contributed by atoms with Crippen molar-refractivity contribution >= 4 is 12.8 Å². The second-order valence-corrected chi connectivity index (χ2v) is 3.30. The van der Waals surface area contributed by atoms with Crippen LogP contribution in [0.5, 0.6) is 0 Å². The van der Waals surface area contributed by atoms with Gasteiger partial charge in [-0.15, -0.1) is 0 Å². The van der Waals surface area contributed by atoms with Gasteiger partial charge < -0.3 is 4.31 Å². The maximum Gasteiger partial charge on any atom is 0.0603 e. The molecular formula is C8H13NS. The molecule has 1 atom stereocenters. The van der Waals surface area contributed by atoms with Crippen LogP contribution in [0.1, 0.15) is 13.8 Å². The van der Waals surface area contributed by atoms with Crippen molar-refractivity contribution in [1.29, 1.82) is 0 Å². The van der Waals surface area contributed by atoms with Crippen LogP contribution in [0.4, 0.5) is 0 Å². The second kappa shape index (κ2) is 3.15. The molecule has 1 rings (SSSR count). The van der Waals surface area contributed by atoms with Gasteiger partial charge in [0.2, 0.25) is 0 Å². The van der Waals surface area contributed by atoms with E-state index in [0.29, 0.717) is 12.0 Å². The lowest BCUT2D eigenvalue weighted by molar-refractivity contribution is 0.404. The molecule has 0 aromatic rings. The summed E-state index contributed by atoms with van der Waals surface area (Å²) in [6.07, 6.45) is 8.20. The Balaban J connectivity index is 2.61. The molecule has 56 valence electrons. The third kappa shape index (κ3) is 1.57. The van der Waals surface area contributed by atoms with E-state index >= 15 is 0 Å². The van der Waals surface area contributed by atoms with E-state index in [1.54, 1.807) is 0 Å². The minimum absolute atomic E-state index is 0.452. The fraction of sp³-hybridized carbons (Fsp3) is 0.500. The quantitative estimate of drug-likeness (QED) is 0.568. The standard InChI is InChI=1S/C8H13NS/c1-7(2)8-5-3-4-6-9(8)10/h3-8,10H,1-2H3. The number of rotatable bonds is 1. The molecule has 0 spiro atoms. The summed E-state index contributed by atoms with van der Waals surface area (Å²) in [5, 5.41) is 0. The lowest BCUT2D eigenvalue weighted by Crippen LogP contribution is -2.27. The number of hydrogen-bond donors (Lipinski definition) is 1. The first-order valence-corrected chi connectivity index (χ1v) is 3.94. The second-order valence-electron chi connectivity index (χ2n) is 2.84. The smallest absolute Gasteiger partial charge is 0.0603 e. The van der Waals surface area contributed by atoms with Gasteiger partial charge in [0.25, 0.3) is 0 Å². The van der Waals surface area contributed by atoms with E-state index in [1.807, 2.05) is 16.6 Å². The van der Waals surface area contributed by atoms with Crippen molar-refractivity contribution in [2.75, 3.05) is 0 Å². The minimum Gasteiger partial charge on any atom is -0.319 e. The van der Waals surface area contributed by atoms with Crippen LogP contribution >= 0.6 is 12.8 Å². The molecule has 0 fully saturated rings. The summed E-state index contributed by atoms with van der Waals surface area (Å²) in [6.45, 7) is 4.38. The van der Waals surface area contributed by atoms with Crippen molar-refractivity contribution < 1.29 is 0 Å². The van der Waals surface area contributed by atoms with Crippen molar-refractivity contribution in [2.24, 2.45) is 5.92 Å². The SMILES string of the molecule is CC(C)C1C=CC=CN1S. The highest BCUT2D eigenvalue weighted by Crippen LogP contribution is 2.17. The molecular weight excluding hydrogens is 142 g/mol. The molecule has 1 heterocycles. The van der Waals surface area contributed by atoms with Gasteiger partial charge in [0, 0.05) is 6.20 Å². The van der Waals surface area contributed by atoms with Crippen LogP contribution in [0.2, 0.25) is 0 Å². The fourth-order valence-electron chi connectivity index (χ4n) is 1.03. The van der Waals surface area contributed by atoms with Gasteiger partial charge in [-0.1, -0.05) is 38.8 Å². The molecule has 10 heavy (non-hydrogen) atoms. The van der Waals surface area contributed by atoms with E-state index in [4.69, 9.17) is 0 Å². The topological polar surface area (TPSA) is 3.24 Å². The third-order valence-corrected chi connectivity index (χ3v) is 2.05. The predicted octanol–water partition coefficient (Wildman–Crippen LogP) is 2.24. The molecule has 0 amide bonds. The Morgan fingerprint density at radius 3 is 2.50 bits per heavy atom. The molecule has 0 N–H and O–H groups in total. The summed E-state index contributed by atoms with van der Waals surface area (Å²) < 4.78 is 1.94. The highest BCUT2D eigenvalue weighted by atomic mass is 32.1. The van der Waals surface area contributed by atoms with Gasteiger partial charge in [0.05, 0.1) is 6.04 Å². The number of allylic oxidation sites excluding steroid dienone is 2. The Labute approximate surface area is 68.0 Å². The van der Waals surface area contributed by atoms with E-state index < -0.39 is 0 Å². The lowest BCUT2D eigenvalue weighted by Gasteiger charge is -2.27. The summed E-state index contributed by atoms with van der Waals surface area (Å²) in [6, 6.07) is 0.452. The van der Waals surface area contributed by atoms with Crippen LogP contribution in [-0.4, -0.2) is 10.3 Å². The van der Waals surface area contributed by atoms with Gasteiger partial charge >= 0.3 is 0 Å². The van der Waals surface area contributed by atoms with Gasteiger partial charge in [-0.2, -0.15) is 0 Å². The molecule has 0 saturated carbocycles. The van der Waals surface area contributed by atoms with Gasteiger partial charge in [0.15, 0.2) is 0 Å². The molecule has 1 nitrogen and oxygen atoms in total. The summed E-state index contributed by atoms with van der Waals surface area (Å²) >= 11 is 4.29. The Bertz CT molecular complexity index is 161. The van der Waals surface area contributed by atoms with Crippen LogP contribution in [0.25, 0.3) is 0 Å². The van der Waals surface area contributed by atoms with E-state index in [0.717, 1.165) is 0 Å². The number of thiol groups is 1. The van der Waals surface area contributed by atoms with Crippen molar-refractivity contribution in [3.63, 3.8) is 0 Å². The van der Waals surface area contributed by atoms with E-state index in [-0.39, 0.29) is 0 Å². The van der Waals surface area contributed by atoms with Crippen molar-refractivity contribution in [1.82, 2.24) is 4.31 Å². The zero-order valence-electron chi connectivity index (χ0n) is 6.36. The zero-order valence-corrected chi connectivity index (χ0v) is 7.25. The largest absolute Gasteiger partial charge is 0.319 e. The van der Waals surface area contributed by atoms with Gasteiger partial charge in [-0.3, -0.25) is 0 Å². The van der Waals surface area contributed by atoms with Gasteiger partial charge in [0.1, 0.15) is 0 Å². The molecule has 2 heteroatoms. The van der Waals surface area contributed by atoms with Crippen LogP contribution in [0, 0.1) is 5.92 Å². The predicted molar refractivity (Wildman–Crippen MR) is 47.7 cm³/mol. The van der Waals surface area contributed by atoms with Crippen LogP contribution < -0.4 is 0 Å². The fourth-order valence-corrected chi connectivity index (χ4v) is 1.45. The summed E-state index contributed by atoms with van der Waals surface area (Å²) in [4.78, 5) is 0. The number of hydrogen-bond acceptors (Lipinski definition) is 2. The first-order chi connectivity index (χ1) is 4.72. The molecule has 0 bridgehead atoms. The molecule has 1 aliphatic heterocycles. The Hall–Kier alpha value is -0.370. The van der Waals surface area contributed by atoms with E-state index in [9.17, 15) is 0 Å². The van der Waals surface area contributed by atoms with Crippen LogP contribution in [0.3, 0.4) is 0 Å². The maximum absolute atomic E-state index is 4.29. The first kappa shape index (κ1) is 7.73. The molecule has 0 radical (unpaired) electrons. The normalized spacial score (nSPS) is 24.4. The Morgan fingerprint density at radius 1 is 1.40 bits per heavy atom. The van der Waals surface area contributed by atoms with Crippen molar-refractivity contribution in [3.8, 4) is 0 Å². The summed E-state index contributed by atoms with van der Waals surface area (Å²) in [5.74, 6) is 0.624. The highest BCUT2D eigenvalue weighted by Gasteiger charge is 2.14.